The molecule has 1 aliphatic rings. The number of nitrogens with one attached hydrogen (secondary N) is 1. The number of nitrogens with zero attached hydrogens (tertiary/aromatic N) is 1. The smallest absolute Gasteiger partial charge is 0.165 e. The van der Waals surface area contributed by atoms with Crippen LogP contribution in [0.5, 0.6) is 0 Å². The Kier molecular flexibility index (Phi) is 1.75. The maximum atomic E-state index is 13.1. The molecule has 0 aromatic carbocycles. The van der Waals surface area contributed by atoms with Gasteiger partial charge in [0.25, 0.3) is 0 Å². The third kappa shape index (κ3) is 1.64. The summed E-state index contributed by atoms with van der Waals surface area (Å²) in [6, 6.07) is 3.39. The zero-order valence-corrected chi connectivity index (χ0v) is 7.84. The van der Waals surface area contributed by atoms with Crippen LogP contribution in [0.25, 0.3) is 0 Å². The average Bonchev–Trinajstić information content (AvgIpc) is 2.64. The second-order valence-corrected chi connectivity index (χ2v) is 4.22. The molecule has 0 bridgehead atoms. The van der Waals surface area contributed by atoms with Gasteiger partial charge in [-0.15, -0.1) is 0 Å². The van der Waals surface area contributed by atoms with Crippen LogP contribution in [-0.2, 0) is 0 Å². The van der Waals surface area contributed by atoms with Crippen molar-refractivity contribution in [3.05, 3.63) is 24.1 Å². The van der Waals surface area contributed by atoms with E-state index in [0.717, 1.165) is 6.42 Å². The molecule has 1 aromatic rings. The number of halogens is 1. The van der Waals surface area contributed by atoms with Crippen molar-refractivity contribution in [3.63, 3.8) is 0 Å². The van der Waals surface area contributed by atoms with Gasteiger partial charge in [0.05, 0.1) is 0 Å². The van der Waals surface area contributed by atoms with E-state index in [1.165, 1.54) is 6.07 Å². The van der Waals surface area contributed by atoms with Gasteiger partial charge in [-0.1, -0.05) is 13.8 Å². The van der Waals surface area contributed by atoms with Crippen molar-refractivity contribution in [1.82, 2.24) is 4.98 Å². The standard InChI is InChI=1S/C10H13FN2/c1-10(2)6-8(10)13-9-7(11)4-3-5-12-9/h3-5,8H,6H2,1-2H3,(H,12,13). The topological polar surface area (TPSA) is 24.9 Å². The molecule has 2 rings (SSSR count). The Morgan fingerprint density at radius 2 is 2.31 bits per heavy atom. The Labute approximate surface area is 77.2 Å². The first-order chi connectivity index (χ1) is 6.09. The van der Waals surface area contributed by atoms with Gasteiger partial charge in [-0.3, -0.25) is 0 Å². The molecule has 0 amide bonds. The number of hydrogen-bond donors (Lipinski definition) is 1. The molecule has 3 heteroatoms. The predicted octanol–water partition coefficient (Wildman–Crippen LogP) is 2.43. The molecule has 2 nitrogen and oxygen atoms in total. The van der Waals surface area contributed by atoms with Crippen LogP contribution in [0.15, 0.2) is 18.3 Å². The molecular formula is C10H13FN2. The summed E-state index contributed by atoms with van der Waals surface area (Å²) in [5.41, 5.74) is 0.296. The van der Waals surface area contributed by atoms with E-state index in [1.54, 1.807) is 12.3 Å². The fourth-order valence-corrected chi connectivity index (χ4v) is 1.37. The molecule has 1 saturated carbocycles. The molecule has 0 radical (unpaired) electrons. The SMILES string of the molecule is CC1(C)CC1Nc1ncccc1F. The van der Waals surface area contributed by atoms with E-state index >= 15 is 0 Å². The molecule has 70 valence electrons. The van der Waals surface area contributed by atoms with E-state index in [4.69, 9.17) is 0 Å². The van der Waals surface area contributed by atoms with E-state index in [9.17, 15) is 4.39 Å². The van der Waals surface area contributed by atoms with Gasteiger partial charge in [-0.05, 0) is 24.0 Å². The zero-order chi connectivity index (χ0) is 9.47. The van der Waals surface area contributed by atoms with E-state index in [0.29, 0.717) is 17.3 Å². The molecule has 1 unspecified atom stereocenters. The highest BCUT2D eigenvalue weighted by molar-refractivity contribution is 5.39. The van der Waals surface area contributed by atoms with Crippen LogP contribution in [0.1, 0.15) is 20.3 Å². The highest BCUT2D eigenvalue weighted by atomic mass is 19.1. The van der Waals surface area contributed by atoms with Gasteiger partial charge < -0.3 is 5.32 Å². The lowest BCUT2D eigenvalue weighted by molar-refractivity contribution is 0.609. The first kappa shape index (κ1) is 8.48. The Bertz CT molecular complexity index is 322. The second kappa shape index (κ2) is 2.69. The van der Waals surface area contributed by atoms with Crippen molar-refractivity contribution < 1.29 is 4.39 Å². The van der Waals surface area contributed by atoms with Crippen LogP contribution in [0.4, 0.5) is 10.2 Å². The summed E-state index contributed by atoms with van der Waals surface area (Å²) >= 11 is 0. The summed E-state index contributed by atoms with van der Waals surface area (Å²) < 4.78 is 13.1. The lowest BCUT2D eigenvalue weighted by Gasteiger charge is -2.07. The Morgan fingerprint density at radius 1 is 1.62 bits per heavy atom. The third-order valence-electron chi connectivity index (χ3n) is 2.58. The molecule has 1 aliphatic carbocycles. The molecule has 1 aromatic heterocycles. The van der Waals surface area contributed by atoms with Gasteiger partial charge >= 0.3 is 0 Å². The minimum Gasteiger partial charge on any atom is -0.364 e. The molecule has 1 N–H and O–H groups in total. The van der Waals surface area contributed by atoms with Gasteiger partial charge in [-0.2, -0.15) is 0 Å². The molecular weight excluding hydrogens is 167 g/mol. The molecule has 0 spiro atoms. The van der Waals surface area contributed by atoms with Crippen LogP contribution in [0, 0.1) is 11.2 Å². The molecule has 0 aliphatic heterocycles. The summed E-state index contributed by atoms with van der Waals surface area (Å²) in [5, 5.41) is 3.09. The number of aromatic nitrogens is 1. The summed E-state index contributed by atoms with van der Waals surface area (Å²) in [5.74, 6) is 0.100. The van der Waals surface area contributed by atoms with Crippen molar-refractivity contribution in [1.29, 1.82) is 0 Å². The largest absolute Gasteiger partial charge is 0.364 e. The van der Waals surface area contributed by atoms with Gasteiger partial charge in [0.2, 0.25) is 0 Å². The van der Waals surface area contributed by atoms with Crippen LogP contribution in [-0.4, -0.2) is 11.0 Å². The first-order valence-corrected chi connectivity index (χ1v) is 4.47. The molecule has 1 atom stereocenters. The normalized spacial score (nSPS) is 24.1. The van der Waals surface area contributed by atoms with Crippen molar-refractivity contribution >= 4 is 5.82 Å². The number of hydrogen-bond acceptors (Lipinski definition) is 2. The summed E-state index contributed by atoms with van der Waals surface area (Å²) in [4.78, 5) is 3.94. The summed E-state index contributed by atoms with van der Waals surface area (Å²) in [7, 11) is 0. The van der Waals surface area contributed by atoms with Gasteiger partial charge in [0.1, 0.15) is 0 Å². The van der Waals surface area contributed by atoms with E-state index in [-0.39, 0.29) is 5.82 Å². The van der Waals surface area contributed by atoms with Gasteiger partial charge in [-0.25, -0.2) is 9.37 Å². The van der Waals surface area contributed by atoms with Crippen molar-refractivity contribution in [2.45, 2.75) is 26.3 Å². The van der Waals surface area contributed by atoms with Crippen molar-refractivity contribution in [2.75, 3.05) is 5.32 Å². The average molecular weight is 180 g/mol. The lowest BCUT2D eigenvalue weighted by Crippen LogP contribution is -2.10. The van der Waals surface area contributed by atoms with E-state index < -0.39 is 0 Å². The molecule has 1 fully saturated rings. The third-order valence-corrected chi connectivity index (χ3v) is 2.58. The molecule has 13 heavy (non-hydrogen) atoms. The van der Waals surface area contributed by atoms with Crippen LogP contribution in [0.2, 0.25) is 0 Å². The van der Waals surface area contributed by atoms with Crippen LogP contribution >= 0.6 is 0 Å². The minimum absolute atomic E-state index is 0.273. The molecule has 0 saturated heterocycles. The maximum Gasteiger partial charge on any atom is 0.165 e. The number of anilines is 1. The fraction of sp³-hybridized carbons (Fsp3) is 0.500. The van der Waals surface area contributed by atoms with E-state index in [2.05, 4.69) is 24.1 Å². The van der Waals surface area contributed by atoms with Crippen LogP contribution < -0.4 is 5.32 Å². The summed E-state index contributed by atoms with van der Waals surface area (Å²) in [6.07, 6.45) is 2.68. The quantitative estimate of drug-likeness (QED) is 0.756. The number of rotatable bonds is 2. The molecule has 1 heterocycles. The minimum atomic E-state index is -0.273. The Balaban J connectivity index is 2.07. The Morgan fingerprint density at radius 3 is 2.85 bits per heavy atom. The Hall–Kier alpha value is -1.12. The lowest BCUT2D eigenvalue weighted by atomic mass is 10.2. The predicted molar refractivity (Wildman–Crippen MR) is 50.0 cm³/mol. The first-order valence-electron chi connectivity index (χ1n) is 4.47. The van der Waals surface area contributed by atoms with Crippen LogP contribution in [0.3, 0.4) is 0 Å². The monoisotopic (exact) mass is 180 g/mol. The van der Waals surface area contributed by atoms with Gasteiger partial charge in [0, 0.05) is 12.2 Å². The van der Waals surface area contributed by atoms with E-state index in [1.807, 2.05) is 0 Å². The van der Waals surface area contributed by atoms with Crippen molar-refractivity contribution in [2.24, 2.45) is 5.41 Å². The highest BCUT2D eigenvalue weighted by Gasteiger charge is 2.46. The second-order valence-electron chi connectivity index (χ2n) is 4.22. The highest BCUT2D eigenvalue weighted by Crippen LogP contribution is 2.46. The number of pyridine rings is 1. The van der Waals surface area contributed by atoms with Crippen molar-refractivity contribution in [3.8, 4) is 0 Å². The van der Waals surface area contributed by atoms with Gasteiger partial charge in [0.15, 0.2) is 11.6 Å². The summed E-state index contributed by atoms with van der Waals surface area (Å²) in [6.45, 7) is 4.32. The fourth-order valence-electron chi connectivity index (χ4n) is 1.37. The zero-order valence-electron chi connectivity index (χ0n) is 7.84. The maximum absolute atomic E-state index is 13.1.